The molecule has 4 rings (SSSR count). The number of nitrogens with one attached hydrogen (secondary N) is 2. The van der Waals surface area contributed by atoms with Crippen molar-refractivity contribution in [3.63, 3.8) is 0 Å². The van der Waals surface area contributed by atoms with Gasteiger partial charge >= 0.3 is 0 Å². The number of aromatic nitrogens is 4. The molecular formula is C22H21FN6O. The Morgan fingerprint density at radius 1 is 1.00 bits per heavy atom. The number of hydrogen-bond donors (Lipinski definition) is 2. The van der Waals surface area contributed by atoms with E-state index < -0.39 is 0 Å². The fourth-order valence-electron chi connectivity index (χ4n) is 2.97. The SMILES string of the molecule is Cc1ccc(CNc2ccc3nnc(CCNC(=O)c4ccc(F)cc4)n3n2)cc1. The fraction of sp³-hybridized carbons (Fsp3) is 0.182. The van der Waals surface area contributed by atoms with Crippen molar-refractivity contribution in [3.8, 4) is 0 Å². The van der Waals surface area contributed by atoms with Crippen LogP contribution in [0.4, 0.5) is 10.2 Å². The lowest BCUT2D eigenvalue weighted by atomic mass is 10.1. The highest BCUT2D eigenvalue weighted by Crippen LogP contribution is 2.10. The summed E-state index contributed by atoms with van der Waals surface area (Å²) < 4.78 is 14.6. The molecule has 2 heterocycles. The van der Waals surface area contributed by atoms with Crippen molar-refractivity contribution in [1.29, 1.82) is 0 Å². The van der Waals surface area contributed by atoms with Gasteiger partial charge in [-0.1, -0.05) is 29.8 Å². The molecule has 0 aliphatic heterocycles. The second-order valence-corrected chi connectivity index (χ2v) is 6.96. The van der Waals surface area contributed by atoms with Gasteiger partial charge in [-0.3, -0.25) is 4.79 Å². The molecule has 0 radical (unpaired) electrons. The van der Waals surface area contributed by atoms with Crippen molar-refractivity contribution in [3.05, 3.63) is 89.0 Å². The van der Waals surface area contributed by atoms with Crippen molar-refractivity contribution >= 4 is 17.4 Å². The van der Waals surface area contributed by atoms with E-state index in [0.29, 0.717) is 42.4 Å². The number of rotatable bonds is 7. The van der Waals surface area contributed by atoms with Gasteiger partial charge in [0.05, 0.1) is 0 Å². The summed E-state index contributed by atoms with van der Waals surface area (Å²) in [6.07, 6.45) is 0.461. The van der Waals surface area contributed by atoms with E-state index in [9.17, 15) is 9.18 Å². The van der Waals surface area contributed by atoms with E-state index in [4.69, 9.17) is 0 Å². The third-order valence-electron chi connectivity index (χ3n) is 4.66. The topological polar surface area (TPSA) is 84.2 Å². The standard InChI is InChI=1S/C22H21FN6O/c1-15-2-4-16(5-3-15)14-25-19-10-11-20-26-27-21(29(20)28-19)12-13-24-22(30)17-6-8-18(23)9-7-17/h2-11H,12-14H2,1H3,(H,24,30)(H,25,28). The zero-order valence-electron chi connectivity index (χ0n) is 16.5. The van der Waals surface area contributed by atoms with Crippen LogP contribution < -0.4 is 10.6 Å². The van der Waals surface area contributed by atoms with Crippen LogP contribution in [0.1, 0.15) is 27.3 Å². The van der Waals surface area contributed by atoms with E-state index in [1.54, 1.807) is 4.52 Å². The summed E-state index contributed by atoms with van der Waals surface area (Å²) >= 11 is 0. The van der Waals surface area contributed by atoms with Gasteiger partial charge in [-0.15, -0.1) is 15.3 Å². The minimum absolute atomic E-state index is 0.266. The van der Waals surface area contributed by atoms with Crippen molar-refractivity contribution in [1.82, 2.24) is 25.1 Å². The summed E-state index contributed by atoms with van der Waals surface area (Å²) in [4.78, 5) is 12.1. The molecule has 0 bridgehead atoms. The van der Waals surface area contributed by atoms with Crippen molar-refractivity contribution in [2.24, 2.45) is 0 Å². The first-order valence-corrected chi connectivity index (χ1v) is 9.63. The molecule has 0 fully saturated rings. The van der Waals surface area contributed by atoms with Crippen molar-refractivity contribution < 1.29 is 9.18 Å². The van der Waals surface area contributed by atoms with Crippen LogP contribution in [-0.2, 0) is 13.0 Å². The lowest BCUT2D eigenvalue weighted by molar-refractivity contribution is 0.0954. The van der Waals surface area contributed by atoms with E-state index >= 15 is 0 Å². The predicted octanol–water partition coefficient (Wildman–Crippen LogP) is 3.16. The molecule has 0 saturated carbocycles. The number of benzene rings is 2. The molecule has 0 aliphatic carbocycles. The summed E-state index contributed by atoms with van der Waals surface area (Å²) in [5, 5.41) is 19.0. The highest BCUT2D eigenvalue weighted by atomic mass is 19.1. The molecule has 2 aromatic carbocycles. The molecule has 0 spiro atoms. The molecule has 0 aliphatic rings. The number of amides is 1. The third kappa shape index (κ3) is 4.60. The quantitative estimate of drug-likeness (QED) is 0.494. The van der Waals surface area contributed by atoms with Gasteiger partial charge in [0.1, 0.15) is 11.6 Å². The van der Waals surface area contributed by atoms with Crippen LogP contribution in [-0.4, -0.2) is 32.3 Å². The van der Waals surface area contributed by atoms with Gasteiger partial charge in [-0.2, -0.15) is 4.52 Å². The smallest absolute Gasteiger partial charge is 0.251 e. The van der Waals surface area contributed by atoms with Crippen LogP contribution in [0.5, 0.6) is 0 Å². The predicted molar refractivity (Wildman–Crippen MR) is 112 cm³/mol. The fourth-order valence-corrected chi connectivity index (χ4v) is 2.97. The number of anilines is 1. The Hall–Kier alpha value is -3.81. The minimum atomic E-state index is -0.376. The first-order chi connectivity index (χ1) is 14.6. The van der Waals surface area contributed by atoms with E-state index in [-0.39, 0.29) is 11.7 Å². The second-order valence-electron chi connectivity index (χ2n) is 6.96. The van der Waals surface area contributed by atoms with E-state index in [1.807, 2.05) is 12.1 Å². The Balaban J connectivity index is 1.38. The molecule has 2 aromatic heterocycles. The molecule has 8 heteroatoms. The van der Waals surface area contributed by atoms with Crippen LogP contribution in [0, 0.1) is 12.7 Å². The second kappa shape index (κ2) is 8.69. The number of carbonyl (C=O) groups is 1. The van der Waals surface area contributed by atoms with E-state index in [2.05, 4.69) is 57.1 Å². The largest absolute Gasteiger partial charge is 0.365 e. The van der Waals surface area contributed by atoms with Crippen LogP contribution in [0.2, 0.25) is 0 Å². The molecular weight excluding hydrogens is 383 g/mol. The Bertz CT molecular complexity index is 1150. The Morgan fingerprint density at radius 3 is 2.53 bits per heavy atom. The summed E-state index contributed by atoms with van der Waals surface area (Å²) in [5.74, 6) is 0.708. The third-order valence-corrected chi connectivity index (χ3v) is 4.66. The number of hydrogen-bond acceptors (Lipinski definition) is 5. The van der Waals surface area contributed by atoms with Gasteiger partial charge in [0, 0.05) is 25.1 Å². The van der Waals surface area contributed by atoms with Gasteiger partial charge < -0.3 is 10.6 Å². The molecule has 7 nitrogen and oxygen atoms in total. The molecule has 4 aromatic rings. The van der Waals surface area contributed by atoms with E-state index in [1.165, 1.54) is 29.8 Å². The number of fused-ring (bicyclic) bond motifs is 1. The van der Waals surface area contributed by atoms with Crippen molar-refractivity contribution in [2.45, 2.75) is 19.9 Å². The van der Waals surface area contributed by atoms with E-state index in [0.717, 1.165) is 5.56 Å². The minimum Gasteiger partial charge on any atom is -0.365 e. The molecule has 0 unspecified atom stereocenters. The first kappa shape index (κ1) is 19.5. The molecule has 0 saturated heterocycles. The van der Waals surface area contributed by atoms with Gasteiger partial charge in [0.2, 0.25) is 0 Å². The number of nitrogens with zero attached hydrogens (tertiary/aromatic N) is 4. The van der Waals surface area contributed by atoms with Crippen molar-refractivity contribution in [2.75, 3.05) is 11.9 Å². The normalized spacial score (nSPS) is 10.9. The molecule has 0 atom stereocenters. The molecule has 30 heavy (non-hydrogen) atoms. The van der Waals surface area contributed by atoms with Gasteiger partial charge in [0.25, 0.3) is 5.91 Å². The summed E-state index contributed by atoms with van der Waals surface area (Å²) in [7, 11) is 0. The molecule has 1 amide bonds. The maximum Gasteiger partial charge on any atom is 0.251 e. The lowest BCUT2D eigenvalue weighted by Crippen LogP contribution is -2.26. The molecule has 152 valence electrons. The summed E-state index contributed by atoms with van der Waals surface area (Å²) in [5.41, 5.74) is 3.42. The Morgan fingerprint density at radius 2 is 1.77 bits per heavy atom. The lowest BCUT2D eigenvalue weighted by Gasteiger charge is -2.07. The van der Waals surface area contributed by atoms with Crippen LogP contribution in [0.15, 0.2) is 60.7 Å². The number of carbonyl (C=O) groups excluding carboxylic acids is 1. The maximum absolute atomic E-state index is 13.0. The zero-order chi connectivity index (χ0) is 20.9. The zero-order valence-corrected chi connectivity index (χ0v) is 16.5. The first-order valence-electron chi connectivity index (χ1n) is 9.63. The van der Waals surface area contributed by atoms with Gasteiger partial charge in [-0.05, 0) is 48.9 Å². The Labute approximate surface area is 173 Å². The average molecular weight is 404 g/mol. The highest BCUT2D eigenvalue weighted by Gasteiger charge is 2.10. The van der Waals surface area contributed by atoms with Gasteiger partial charge in [0.15, 0.2) is 11.5 Å². The number of aryl methyl sites for hydroxylation is 1. The van der Waals surface area contributed by atoms with Gasteiger partial charge in [-0.25, -0.2) is 4.39 Å². The maximum atomic E-state index is 13.0. The van der Waals surface area contributed by atoms with Crippen LogP contribution in [0.25, 0.3) is 5.65 Å². The van der Waals surface area contributed by atoms with Crippen LogP contribution >= 0.6 is 0 Å². The Kier molecular flexibility index (Phi) is 5.65. The highest BCUT2D eigenvalue weighted by molar-refractivity contribution is 5.94. The summed E-state index contributed by atoms with van der Waals surface area (Å²) in [6.45, 7) is 3.08. The number of halogens is 1. The summed E-state index contributed by atoms with van der Waals surface area (Å²) in [6, 6.07) is 17.4. The average Bonchev–Trinajstić information content (AvgIpc) is 3.16. The monoisotopic (exact) mass is 404 g/mol. The van der Waals surface area contributed by atoms with Crippen LogP contribution in [0.3, 0.4) is 0 Å². The molecule has 2 N–H and O–H groups in total.